The van der Waals surface area contributed by atoms with Crippen molar-refractivity contribution in [2.75, 3.05) is 18.6 Å². The highest BCUT2D eigenvalue weighted by Gasteiger charge is 2.22. The number of hydrogen-bond acceptors (Lipinski definition) is 3. The fourth-order valence-electron chi connectivity index (χ4n) is 1.44. The smallest absolute Gasteiger partial charge is 0.223 e. The molecule has 0 rings (SSSR count). The van der Waals surface area contributed by atoms with Gasteiger partial charge in [-0.05, 0) is 26.0 Å². The molecule has 0 unspecified atom stereocenters. The van der Waals surface area contributed by atoms with Gasteiger partial charge in [0, 0.05) is 18.2 Å². The van der Waals surface area contributed by atoms with Crippen molar-refractivity contribution in [3.05, 3.63) is 0 Å². The van der Waals surface area contributed by atoms with Crippen LogP contribution in [0.3, 0.4) is 0 Å². The van der Waals surface area contributed by atoms with Gasteiger partial charge in [0.2, 0.25) is 5.91 Å². The standard InChI is InChI=1S/C11H23NO2S/c1-5-9(6-2)10(13)12-7-11(3,14)8-15-4/h9,14H,5-8H2,1-4H3,(H,12,13)/t11-/m1/s1. The Kier molecular flexibility index (Phi) is 7.02. The highest BCUT2D eigenvalue weighted by atomic mass is 32.2. The van der Waals surface area contributed by atoms with Gasteiger partial charge in [-0.25, -0.2) is 0 Å². The normalized spacial score (nSPS) is 15.1. The molecule has 0 saturated carbocycles. The fraction of sp³-hybridized carbons (Fsp3) is 0.909. The number of hydrogen-bond donors (Lipinski definition) is 2. The molecule has 3 nitrogen and oxygen atoms in total. The van der Waals surface area contributed by atoms with Crippen molar-refractivity contribution in [2.24, 2.45) is 5.92 Å². The molecule has 0 spiro atoms. The van der Waals surface area contributed by atoms with E-state index >= 15 is 0 Å². The molecule has 4 heteroatoms. The summed E-state index contributed by atoms with van der Waals surface area (Å²) in [6.45, 7) is 6.10. The van der Waals surface area contributed by atoms with E-state index in [9.17, 15) is 9.90 Å². The first-order chi connectivity index (χ1) is 6.96. The Bertz CT molecular complexity index is 191. The first-order valence-electron chi connectivity index (χ1n) is 5.45. The van der Waals surface area contributed by atoms with Gasteiger partial charge in [-0.2, -0.15) is 11.8 Å². The van der Waals surface area contributed by atoms with Gasteiger partial charge in [0.15, 0.2) is 0 Å². The zero-order valence-electron chi connectivity index (χ0n) is 10.2. The van der Waals surface area contributed by atoms with E-state index < -0.39 is 5.60 Å². The van der Waals surface area contributed by atoms with Crippen molar-refractivity contribution in [2.45, 2.75) is 39.2 Å². The van der Waals surface area contributed by atoms with E-state index in [1.54, 1.807) is 18.7 Å². The third-order valence-electron chi connectivity index (χ3n) is 2.46. The molecule has 1 amide bonds. The molecule has 0 fully saturated rings. The highest BCUT2D eigenvalue weighted by molar-refractivity contribution is 7.98. The Morgan fingerprint density at radius 1 is 1.47 bits per heavy atom. The molecule has 0 aromatic rings. The second-order valence-corrected chi connectivity index (χ2v) is 5.03. The lowest BCUT2D eigenvalue weighted by molar-refractivity contribution is -0.126. The zero-order chi connectivity index (χ0) is 11.9. The monoisotopic (exact) mass is 233 g/mol. The molecule has 2 N–H and O–H groups in total. The summed E-state index contributed by atoms with van der Waals surface area (Å²) < 4.78 is 0. The quantitative estimate of drug-likeness (QED) is 0.703. The molecule has 0 aliphatic rings. The molecule has 0 aliphatic carbocycles. The molecule has 0 bridgehead atoms. The largest absolute Gasteiger partial charge is 0.387 e. The molecular weight excluding hydrogens is 210 g/mol. The van der Waals surface area contributed by atoms with E-state index in [0.717, 1.165) is 12.8 Å². The van der Waals surface area contributed by atoms with Gasteiger partial charge in [-0.3, -0.25) is 4.79 Å². The minimum atomic E-state index is -0.804. The van der Waals surface area contributed by atoms with E-state index in [4.69, 9.17) is 0 Å². The molecule has 0 aliphatic heterocycles. The number of carbonyl (C=O) groups excluding carboxylic acids is 1. The Morgan fingerprint density at radius 3 is 2.40 bits per heavy atom. The fourth-order valence-corrected chi connectivity index (χ4v) is 2.17. The number of nitrogens with one attached hydrogen (secondary N) is 1. The topological polar surface area (TPSA) is 49.3 Å². The Labute approximate surface area is 97.0 Å². The molecule has 0 heterocycles. The van der Waals surface area contributed by atoms with E-state index in [1.807, 2.05) is 20.1 Å². The summed E-state index contributed by atoms with van der Waals surface area (Å²) in [4.78, 5) is 11.6. The van der Waals surface area contributed by atoms with Gasteiger partial charge in [-0.1, -0.05) is 13.8 Å². The maximum atomic E-state index is 11.6. The molecule has 0 aromatic carbocycles. The van der Waals surface area contributed by atoms with E-state index in [2.05, 4.69) is 5.32 Å². The van der Waals surface area contributed by atoms with Crippen LogP contribution >= 0.6 is 11.8 Å². The van der Waals surface area contributed by atoms with Crippen LogP contribution in [0.25, 0.3) is 0 Å². The van der Waals surface area contributed by atoms with E-state index in [-0.39, 0.29) is 11.8 Å². The van der Waals surface area contributed by atoms with Crippen molar-refractivity contribution in [1.29, 1.82) is 0 Å². The summed E-state index contributed by atoms with van der Waals surface area (Å²) in [6, 6.07) is 0. The summed E-state index contributed by atoms with van der Waals surface area (Å²) in [6.07, 6.45) is 3.65. The van der Waals surface area contributed by atoms with Crippen molar-refractivity contribution in [3.8, 4) is 0 Å². The van der Waals surface area contributed by atoms with E-state index in [0.29, 0.717) is 12.3 Å². The lowest BCUT2D eigenvalue weighted by Crippen LogP contribution is -2.44. The van der Waals surface area contributed by atoms with Crippen LogP contribution in [-0.4, -0.2) is 35.2 Å². The summed E-state index contributed by atoms with van der Waals surface area (Å²) in [5.41, 5.74) is -0.804. The minimum Gasteiger partial charge on any atom is -0.387 e. The van der Waals surface area contributed by atoms with E-state index in [1.165, 1.54) is 0 Å². The molecule has 90 valence electrons. The maximum Gasteiger partial charge on any atom is 0.223 e. The average molecular weight is 233 g/mol. The van der Waals surface area contributed by atoms with Crippen molar-refractivity contribution >= 4 is 17.7 Å². The SMILES string of the molecule is CCC(CC)C(=O)NC[C@@](C)(O)CSC. The van der Waals surface area contributed by atoms with Gasteiger partial charge in [0.05, 0.1) is 5.60 Å². The van der Waals surface area contributed by atoms with Crippen molar-refractivity contribution in [3.63, 3.8) is 0 Å². The van der Waals surface area contributed by atoms with Gasteiger partial charge in [0.1, 0.15) is 0 Å². The molecule has 1 atom stereocenters. The molecule has 15 heavy (non-hydrogen) atoms. The second-order valence-electron chi connectivity index (χ2n) is 4.16. The highest BCUT2D eigenvalue weighted by Crippen LogP contribution is 2.11. The van der Waals surface area contributed by atoms with Crippen LogP contribution in [0.5, 0.6) is 0 Å². The lowest BCUT2D eigenvalue weighted by Gasteiger charge is -2.23. The Morgan fingerprint density at radius 2 is 2.00 bits per heavy atom. The first-order valence-corrected chi connectivity index (χ1v) is 6.85. The van der Waals surface area contributed by atoms with Gasteiger partial charge in [-0.15, -0.1) is 0 Å². The van der Waals surface area contributed by atoms with Crippen LogP contribution in [0.4, 0.5) is 0 Å². The van der Waals surface area contributed by atoms with Gasteiger partial charge >= 0.3 is 0 Å². The molecular formula is C11H23NO2S. The molecule has 0 saturated heterocycles. The van der Waals surface area contributed by atoms with Gasteiger partial charge < -0.3 is 10.4 Å². The van der Waals surface area contributed by atoms with Gasteiger partial charge in [0.25, 0.3) is 0 Å². The zero-order valence-corrected chi connectivity index (χ0v) is 11.0. The number of aliphatic hydroxyl groups is 1. The number of rotatable bonds is 7. The van der Waals surface area contributed by atoms with Crippen LogP contribution in [-0.2, 0) is 4.79 Å². The third kappa shape index (κ3) is 6.05. The summed E-state index contributed by atoms with van der Waals surface area (Å²) in [5, 5.41) is 12.7. The van der Waals surface area contributed by atoms with Crippen LogP contribution in [0.2, 0.25) is 0 Å². The first kappa shape index (κ1) is 14.8. The Balaban J connectivity index is 3.98. The molecule has 0 aromatic heterocycles. The molecule has 0 radical (unpaired) electrons. The number of carbonyl (C=O) groups is 1. The predicted molar refractivity (Wildman–Crippen MR) is 66.1 cm³/mol. The minimum absolute atomic E-state index is 0.0568. The summed E-state index contributed by atoms with van der Waals surface area (Å²) in [5.74, 6) is 0.771. The van der Waals surface area contributed by atoms with Crippen LogP contribution in [0.1, 0.15) is 33.6 Å². The predicted octanol–water partition coefficient (Wildman–Crippen LogP) is 1.65. The summed E-state index contributed by atoms with van der Waals surface area (Å²) >= 11 is 1.58. The van der Waals surface area contributed by atoms with Crippen molar-refractivity contribution < 1.29 is 9.90 Å². The maximum absolute atomic E-state index is 11.6. The third-order valence-corrected chi connectivity index (χ3v) is 3.37. The average Bonchev–Trinajstić information content (AvgIpc) is 2.17. The number of amides is 1. The van der Waals surface area contributed by atoms with Crippen molar-refractivity contribution in [1.82, 2.24) is 5.32 Å². The second kappa shape index (κ2) is 7.12. The van der Waals surface area contributed by atoms with Crippen LogP contribution in [0.15, 0.2) is 0 Å². The van der Waals surface area contributed by atoms with Crippen LogP contribution < -0.4 is 5.32 Å². The summed E-state index contributed by atoms with van der Waals surface area (Å²) in [7, 11) is 0. The lowest BCUT2D eigenvalue weighted by atomic mass is 10.0. The Hall–Kier alpha value is -0.220. The number of thioether (sulfide) groups is 1. The van der Waals surface area contributed by atoms with Crippen LogP contribution in [0, 0.1) is 5.92 Å².